The second-order valence-corrected chi connectivity index (χ2v) is 10.9. The van der Waals surface area contributed by atoms with E-state index in [9.17, 15) is 9.18 Å². The van der Waals surface area contributed by atoms with Crippen molar-refractivity contribution >= 4 is 17.0 Å². The molecule has 0 bridgehead atoms. The number of nitrogens with zero attached hydrogens (tertiary/aromatic N) is 4. The number of esters is 1. The highest BCUT2D eigenvalue weighted by Crippen LogP contribution is 2.26. The van der Waals surface area contributed by atoms with Gasteiger partial charge in [-0.2, -0.15) is 5.26 Å². The molecule has 6 rings (SSSR count). The van der Waals surface area contributed by atoms with Crippen molar-refractivity contribution in [3.05, 3.63) is 89.0 Å². The lowest BCUT2D eigenvalue weighted by molar-refractivity contribution is -0.0592. The number of fused-ring (bicyclic) bond motifs is 1. The number of halogens is 1. The van der Waals surface area contributed by atoms with E-state index in [2.05, 4.69) is 9.47 Å². The fourth-order valence-corrected chi connectivity index (χ4v) is 5.51. The average Bonchev–Trinajstić information content (AvgIpc) is 3.34. The predicted octanol–water partition coefficient (Wildman–Crippen LogP) is 5.24. The highest BCUT2D eigenvalue weighted by molar-refractivity contribution is 5.93. The van der Waals surface area contributed by atoms with Gasteiger partial charge in [-0.05, 0) is 73.4 Å². The zero-order valence-corrected chi connectivity index (χ0v) is 24.0. The molecule has 222 valence electrons. The largest absolute Gasteiger partial charge is 0.490 e. The Kier molecular flexibility index (Phi) is 8.54. The van der Waals surface area contributed by atoms with E-state index in [1.807, 2.05) is 42.5 Å². The van der Waals surface area contributed by atoms with Gasteiger partial charge in [0, 0.05) is 19.7 Å². The van der Waals surface area contributed by atoms with Gasteiger partial charge in [0.1, 0.15) is 24.3 Å². The average molecular weight is 585 g/mol. The van der Waals surface area contributed by atoms with Gasteiger partial charge in [-0.15, -0.1) is 0 Å². The van der Waals surface area contributed by atoms with E-state index in [1.165, 1.54) is 25.3 Å². The van der Waals surface area contributed by atoms with Crippen LogP contribution < -0.4 is 9.47 Å². The van der Waals surface area contributed by atoms with Gasteiger partial charge in [-0.1, -0.05) is 12.1 Å². The summed E-state index contributed by atoms with van der Waals surface area (Å²) in [7, 11) is 1.39. The van der Waals surface area contributed by atoms with E-state index in [4.69, 9.17) is 29.2 Å². The van der Waals surface area contributed by atoms with Crippen molar-refractivity contribution in [2.24, 2.45) is 0 Å². The minimum atomic E-state index is -0.559. The van der Waals surface area contributed by atoms with Gasteiger partial charge in [0.05, 0.1) is 54.5 Å². The molecule has 2 aliphatic rings. The molecule has 2 fully saturated rings. The molecule has 1 atom stereocenters. The molecule has 0 radical (unpaired) electrons. The minimum absolute atomic E-state index is 0.0770. The maximum Gasteiger partial charge on any atom is 0.337 e. The number of rotatable bonds is 10. The van der Waals surface area contributed by atoms with E-state index in [0.29, 0.717) is 18.7 Å². The number of hydrogen-bond donors (Lipinski definition) is 0. The van der Waals surface area contributed by atoms with Gasteiger partial charge in [0.2, 0.25) is 0 Å². The highest BCUT2D eigenvalue weighted by Gasteiger charge is 2.26. The van der Waals surface area contributed by atoms with Crippen molar-refractivity contribution in [3.8, 4) is 17.6 Å². The number of ether oxygens (including phenoxy) is 4. The summed E-state index contributed by atoms with van der Waals surface area (Å²) < 4.78 is 39.0. The van der Waals surface area contributed by atoms with E-state index in [1.54, 1.807) is 6.07 Å². The van der Waals surface area contributed by atoms with Crippen LogP contribution >= 0.6 is 0 Å². The van der Waals surface area contributed by atoms with Gasteiger partial charge < -0.3 is 23.5 Å². The number of aromatic nitrogens is 2. The number of hydrogen-bond acceptors (Lipinski definition) is 8. The third-order valence-electron chi connectivity index (χ3n) is 7.98. The SMILES string of the molecule is COC(=O)c1ccc2nc(CN3CCC(Oc4cccc(COc5ccc(C#N)cc5F)c4)CC3)n(CC3CCO3)c2c1. The Morgan fingerprint density at radius 3 is 2.67 bits per heavy atom. The molecular formula is C33H33FN4O5. The zero-order chi connectivity index (χ0) is 29.8. The first-order chi connectivity index (χ1) is 21.0. The Balaban J connectivity index is 1.06. The fourth-order valence-electron chi connectivity index (χ4n) is 5.51. The Morgan fingerprint density at radius 1 is 1.12 bits per heavy atom. The summed E-state index contributed by atoms with van der Waals surface area (Å²) >= 11 is 0. The number of benzene rings is 3. The second kappa shape index (κ2) is 12.8. The number of imidazole rings is 1. The summed E-state index contributed by atoms with van der Waals surface area (Å²) in [6.45, 7) is 4.09. The number of methoxy groups -OCH3 is 1. The molecule has 3 aromatic carbocycles. The topological polar surface area (TPSA) is 98.8 Å². The molecule has 0 amide bonds. The van der Waals surface area contributed by atoms with Crippen molar-refractivity contribution in [2.75, 3.05) is 26.8 Å². The predicted molar refractivity (Wildman–Crippen MR) is 156 cm³/mol. The maximum absolute atomic E-state index is 14.2. The Morgan fingerprint density at radius 2 is 1.95 bits per heavy atom. The zero-order valence-electron chi connectivity index (χ0n) is 24.0. The van der Waals surface area contributed by atoms with Crippen LogP contribution in [-0.2, 0) is 29.2 Å². The Labute approximate surface area is 249 Å². The highest BCUT2D eigenvalue weighted by atomic mass is 19.1. The molecule has 0 N–H and O–H groups in total. The van der Waals surface area contributed by atoms with Gasteiger partial charge in [-0.3, -0.25) is 4.90 Å². The first kappa shape index (κ1) is 28.6. The lowest BCUT2D eigenvalue weighted by atomic mass is 10.1. The van der Waals surface area contributed by atoms with Crippen molar-refractivity contribution < 1.29 is 28.1 Å². The molecule has 43 heavy (non-hydrogen) atoms. The number of carbonyl (C=O) groups is 1. The van der Waals surface area contributed by atoms with Crippen LogP contribution in [0.5, 0.6) is 11.5 Å². The monoisotopic (exact) mass is 584 g/mol. The first-order valence-corrected chi connectivity index (χ1v) is 14.5. The molecule has 1 unspecified atom stereocenters. The van der Waals surface area contributed by atoms with Crippen LogP contribution in [0.15, 0.2) is 60.7 Å². The van der Waals surface area contributed by atoms with E-state index in [0.717, 1.165) is 67.1 Å². The van der Waals surface area contributed by atoms with Gasteiger partial charge in [0.15, 0.2) is 11.6 Å². The molecule has 9 nitrogen and oxygen atoms in total. The maximum atomic E-state index is 14.2. The molecule has 0 aliphatic carbocycles. The van der Waals surface area contributed by atoms with E-state index < -0.39 is 5.82 Å². The van der Waals surface area contributed by atoms with Crippen LogP contribution in [0.3, 0.4) is 0 Å². The number of nitriles is 1. The third kappa shape index (κ3) is 6.63. The summed E-state index contributed by atoms with van der Waals surface area (Å²) in [6, 6.07) is 19.2. The quantitative estimate of drug-likeness (QED) is 0.233. The van der Waals surface area contributed by atoms with E-state index >= 15 is 0 Å². The summed E-state index contributed by atoms with van der Waals surface area (Å²) in [6.07, 6.45) is 2.98. The third-order valence-corrected chi connectivity index (χ3v) is 7.98. The number of likely N-dealkylation sites (tertiary alicyclic amines) is 1. The van der Waals surface area contributed by atoms with Crippen LogP contribution in [0.1, 0.15) is 46.6 Å². The van der Waals surface area contributed by atoms with Gasteiger partial charge in [0.25, 0.3) is 0 Å². The van der Waals surface area contributed by atoms with Gasteiger partial charge >= 0.3 is 5.97 Å². The van der Waals surface area contributed by atoms with Crippen LogP contribution in [0.25, 0.3) is 11.0 Å². The molecule has 2 aliphatic heterocycles. The van der Waals surface area contributed by atoms with Crippen molar-refractivity contribution in [1.82, 2.24) is 14.5 Å². The van der Waals surface area contributed by atoms with Crippen LogP contribution in [0.2, 0.25) is 0 Å². The second-order valence-electron chi connectivity index (χ2n) is 10.9. The number of carbonyl (C=O) groups excluding carboxylic acids is 1. The summed E-state index contributed by atoms with van der Waals surface area (Å²) in [5, 5.41) is 8.92. The van der Waals surface area contributed by atoms with Crippen LogP contribution in [0.4, 0.5) is 4.39 Å². The van der Waals surface area contributed by atoms with Crippen molar-refractivity contribution in [2.45, 2.75) is 51.2 Å². The van der Waals surface area contributed by atoms with E-state index in [-0.39, 0.29) is 36.1 Å². The standard InChI is InChI=1S/C33H33FN4O5/c1-40-33(39)24-6-7-29-30(17-24)38(19-27-11-14-41-27)32(36-29)20-37-12-9-25(10-13-37)43-26-4-2-3-23(15-26)21-42-31-8-5-22(18-35)16-28(31)34/h2-8,15-17,25,27H,9-14,19-21H2,1H3. The molecule has 1 aromatic heterocycles. The molecule has 2 saturated heterocycles. The normalized spacial score (nSPS) is 17.3. The number of piperidine rings is 1. The first-order valence-electron chi connectivity index (χ1n) is 14.5. The summed E-state index contributed by atoms with van der Waals surface area (Å²) in [5.41, 5.74) is 3.39. The molecule has 3 heterocycles. The molecule has 0 saturated carbocycles. The van der Waals surface area contributed by atoms with Crippen LogP contribution in [-0.4, -0.2) is 59.4 Å². The van der Waals surface area contributed by atoms with Gasteiger partial charge in [-0.25, -0.2) is 14.2 Å². The summed E-state index contributed by atoms with van der Waals surface area (Å²) in [4.78, 5) is 19.5. The smallest absolute Gasteiger partial charge is 0.337 e. The summed E-state index contributed by atoms with van der Waals surface area (Å²) in [5.74, 6) is 0.893. The Hall–Kier alpha value is -4.46. The molecule has 4 aromatic rings. The van der Waals surface area contributed by atoms with Crippen molar-refractivity contribution in [3.63, 3.8) is 0 Å². The molecule has 10 heteroatoms. The lowest BCUT2D eigenvalue weighted by Crippen LogP contribution is -2.39. The van der Waals surface area contributed by atoms with Crippen LogP contribution in [0, 0.1) is 17.1 Å². The lowest BCUT2D eigenvalue weighted by Gasteiger charge is -2.32. The minimum Gasteiger partial charge on any atom is -0.490 e. The van der Waals surface area contributed by atoms with Crippen molar-refractivity contribution in [1.29, 1.82) is 5.26 Å². The molecular weight excluding hydrogens is 551 g/mol. The Bertz CT molecular complexity index is 1650. The fraction of sp³-hybridized carbons (Fsp3) is 0.364. The molecule has 0 spiro atoms.